The average Bonchev–Trinajstić information content (AvgIpc) is 3.15. The van der Waals surface area contributed by atoms with Crippen molar-refractivity contribution in [1.82, 2.24) is 9.21 Å². The van der Waals surface area contributed by atoms with E-state index >= 15 is 0 Å². The van der Waals surface area contributed by atoms with Crippen LogP contribution in [0.1, 0.15) is 31.2 Å². The summed E-state index contributed by atoms with van der Waals surface area (Å²) in [4.78, 5) is 26.9. The summed E-state index contributed by atoms with van der Waals surface area (Å²) in [7, 11) is -0.399. The highest BCUT2D eigenvalue weighted by Gasteiger charge is 2.38. The highest BCUT2D eigenvalue weighted by atomic mass is 32.2. The fraction of sp³-hybridized carbons (Fsp3) is 0.440. The number of imide groups is 1. The number of rotatable bonds is 9. The van der Waals surface area contributed by atoms with Crippen LogP contribution in [0.15, 0.2) is 47.4 Å². The van der Waals surface area contributed by atoms with Crippen LogP contribution < -0.4 is 14.8 Å². The first-order valence-corrected chi connectivity index (χ1v) is 13.2. The van der Waals surface area contributed by atoms with E-state index in [4.69, 9.17) is 9.47 Å². The number of ether oxygens (including phenoxy) is 2. The summed E-state index contributed by atoms with van der Waals surface area (Å²) in [6.45, 7) is 1.35. The Labute approximate surface area is 206 Å². The van der Waals surface area contributed by atoms with Crippen molar-refractivity contribution in [3.05, 3.63) is 48.0 Å². The van der Waals surface area contributed by atoms with Crippen molar-refractivity contribution in [2.75, 3.05) is 39.2 Å². The van der Waals surface area contributed by atoms with Gasteiger partial charge in [-0.15, -0.1) is 0 Å². The van der Waals surface area contributed by atoms with Gasteiger partial charge in [0.05, 0.1) is 25.5 Å². The molecule has 9 nitrogen and oxygen atoms in total. The monoisotopic (exact) mass is 501 g/mol. The van der Waals surface area contributed by atoms with Gasteiger partial charge in [-0.3, -0.25) is 14.5 Å². The Balaban J connectivity index is 1.37. The maximum Gasteiger partial charge on any atom is 0.252 e. The van der Waals surface area contributed by atoms with Gasteiger partial charge in [0.1, 0.15) is 6.04 Å². The average molecular weight is 502 g/mol. The molecule has 2 aliphatic rings. The van der Waals surface area contributed by atoms with Crippen LogP contribution in [0.2, 0.25) is 0 Å². The Bertz CT molecular complexity index is 1180. The molecule has 188 valence electrons. The van der Waals surface area contributed by atoms with Crippen LogP contribution in [0, 0.1) is 0 Å². The Kier molecular flexibility index (Phi) is 7.61. The molecule has 2 amide bonds. The molecule has 1 unspecified atom stereocenters. The van der Waals surface area contributed by atoms with Crippen molar-refractivity contribution < 1.29 is 27.5 Å². The standard InChI is InChI=1S/C25H31N3O6S/c1-33-22-11-6-18(16-23(22)34-2)12-15-28-24(29)17-21(25(28)30)26-19-7-9-20(10-8-19)35(31,32)27-13-4-3-5-14-27/h6-11,16,21,26H,3-5,12-15,17H2,1-2H3. The van der Waals surface area contributed by atoms with Gasteiger partial charge in [-0.25, -0.2) is 8.42 Å². The molecule has 0 bridgehead atoms. The summed E-state index contributed by atoms with van der Waals surface area (Å²) in [5.74, 6) is 0.677. The van der Waals surface area contributed by atoms with Gasteiger partial charge in [-0.05, 0) is 61.2 Å². The number of piperidine rings is 1. The molecule has 0 radical (unpaired) electrons. The quantitative estimate of drug-likeness (QED) is 0.527. The van der Waals surface area contributed by atoms with E-state index in [1.807, 2.05) is 12.1 Å². The molecular formula is C25H31N3O6S. The first-order chi connectivity index (χ1) is 16.8. The minimum absolute atomic E-state index is 0.0542. The minimum Gasteiger partial charge on any atom is -0.493 e. The van der Waals surface area contributed by atoms with Crippen molar-refractivity contribution >= 4 is 27.5 Å². The topological polar surface area (TPSA) is 105 Å². The Morgan fingerprint density at radius 1 is 0.943 bits per heavy atom. The third-order valence-corrected chi connectivity index (χ3v) is 8.38. The molecule has 0 spiro atoms. The van der Waals surface area contributed by atoms with Gasteiger partial charge in [-0.1, -0.05) is 12.5 Å². The van der Waals surface area contributed by atoms with Crippen molar-refractivity contribution in [3.63, 3.8) is 0 Å². The molecular weight excluding hydrogens is 470 g/mol. The molecule has 2 heterocycles. The van der Waals surface area contributed by atoms with Gasteiger partial charge in [0.25, 0.3) is 5.91 Å². The maximum absolute atomic E-state index is 12.9. The second-order valence-corrected chi connectivity index (χ2v) is 10.7. The molecule has 2 aromatic carbocycles. The van der Waals surface area contributed by atoms with Gasteiger partial charge in [-0.2, -0.15) is 4.31 Å². The summed E-state index contributed by atoms with van der Waals surface area (Å²) in [6, 6.07) is 11.2. The normalized spacial score (nSPS) is 19.1. The van der Waals surface area contributed by atoms with Gasteiger partial charge >= 0.3 is 0 Å². The second kappa shape index (κ2) is 10.7. The molecule has 0 saturated carbocycles. The smallest absolute Gasteiger partial charge is 0.252 e. The van der Waals surface area contributed by atoms with E-state index in [1.165, 1.54) is 9.21 Å². The summed E-state index contributed by atoms with van der Waals surface area (Å²) in [6.07, 6.45) is 3.35. The van der Waals surface area contributed by atoms with Crippen LogP contribution in [0.3, 0.4) is 0 Å². The number of carbonyl (C=O) groups is 2. The number of anilines is 1. The highest BCUT2D eigenvalue weighted by Crippen LogP contribution is 2.28. The summed E-state index contributed by atoms with van der Waals surface area (Å²) in [5, 5.41) is 3.08. The van der Waals surface area contributed by atoms with E-state index < -0.39 is 16.1 Å². The number of benzene rings is 2. The summed E-state index contributed by atoms with van der Waals surface area (Å²) < 4.78 is 37.7. The molecule has 0 aliphatic carbocycles. The number of amides is 2. The van der Waals surface area contributed by atoms with Crippen molar-refractivity contribution in [3.8, 4) is 11.5 Å². The van der Waals surface area contributed by atoms with E-state index in [1.54, 1.807) is 44.6 Å². The zero-order valence-corrected chi connectivity index (χ0v) is 20.8. The molecule has 2 saturated heterocycles. The first-order valence-electron chi connectivity index (χ1n) is 11.8. The lowest BCUT2D eigenvalue weighted by Crippen LogP contribution is -2.36. The lowest BCUT2D eigenvalue weighted by molar-refractivity contribution is -0.138. The molecule has 2 aromatic rings. The number of hydrogen-bond donors (Lipinski definition) is 1. The van der Waals surface area contributed by atoms with Crippen LogP contribution in [-0.4, -0.2) is 69.3 Å². The predicted molar refractivity (Wildman–Crippen MR) is 131 cm³/mol. The van der Waals surface area contributed by atoms with E-state index in [2.05, 4.69) is 5.32 Å². The van der Waals surface area contributed by atoms with Crippen LogP contribution in [-0.2, 0) is 26.0 Å². The second-order valence-electron chi connectivity index (χ2n) is 8.71. The number of carbonyl (C=O) groups excluding carboxylic acids is 2. The van der Waals surface area contributed by atoms with Crippen LogP contribution in [0.25, 0.3) is 0 Å². The molecule has 4 rings (SSSR count). The third-order valence-electron chi connectivity index (χ3n) is 6.46. The van der Waals surface area contributed by atoms with Crippen molar-refractivity contribution in [2.24, 2.45) is 0 Å². The zero-order chi connectivity index (χ0) is 25.0. The van der Waals surface area contributed by atoms with Crippen LogP contribution in [0.4, 0.5) is 5.69 Å². The molecule has 2 fully saturated rings. The lowest BCUT2D eigenvalue weighted by atomic mass is 10.1. The largest absolute Gasteiger partial charge is 0.493 e. The Morgan fingerprint density at radius 2 is 1.63 bits per heavy atom. The van der Waals surface area contributed by atoms with E-state index in [-0.39, 0.29) is 29.7 Å². The number of nitrogens with one attached hydrogen (secondary N) is 1. The fourth-order valence-electron chi connectivity index (χ4n) is 4.49. The van der Waals surface area contributed by atoms with Gasteiger partial charge in [0.15, 0.2) is 11.5 Å². The number of nitrogens with zero attached hydrogens (tertiary/aromatic N) is 2. The number of methoxy groups -OCH3 is 2. The van der Waals surface area contributed by atoms with E-state index in [0.29, 0.717) is 36.7 Å². The lowest BCUT2D eigenvalue weighted by Gasteiger charge is -2.26. The van der Waals surface area contributed by atoms with E-state index in [9.17, 15) is 18.0 Å². The van der Waals surface area contributed by atoms with E-state index in [0.717, 1.165) is 24.8 Å². The van der Waals surface area contributed by atoms with Crippen molar-refractivity contribution in [2.45, 2.75) is 43.0 Å². The zero-order valence-electron chi connectivity index (χ0n) is 20.0. The molecule has 1 N–H and O–H groups in total. The van der Waals surface area contributed by atoms with Gasteiger partial charge in [0, 0.05) is 25.3 Å². The number of sulfonamides is 1. The summed E-state index contributed by atoms with van der Waals surface area (Å²) >= 11 is 0. The SMILES string of the molecule is COc1ccc(CCN2C(=O)CC(Nc3ccc(S(=O)(=O)N4CCCCC4)cc3)C2=O)cc1OC. The highest BCUT2D eigenvalue weighted by molar-refractivity contribution is 7.89. The molecule has 0 aromatic heterocycles. The third kappa shape index (κ3) is 5.43. The number of likely N-dealkylation sites (tertiary alicyclic amines) is 1. The Hall–Kier alpha value is -3.11. The predicted octanol–water partition coefficient (Wildman–Crippen LogP) is 2.66. The van der Waals surface area contributed by atoms with Gasteiger partial charge < -0.3 is 14.8 Å². The van der Waals surface area contributed by atoms with Crippen LogP contribution >= 0.6 is 0 Å². The molecule has 35 heavy (non-hydrogen) atoms. The minimum atomic E-state index is -3.52. The molecule has 2 aliphatic heterocycles. The van der Waals surface area contributed by atoms with Crippen molar-refractivity contribution in [1.29, 1.82) is 0 Å². The maximum atomic E-state index is 12.9. The molecule has 1 atom stereocenters. The van der Waals surface area contributed by atoms with Crippen LogP contribution in [0.5, 0.6) is 11.5 Å². The number of hydrogen-bond acceptors (Lipinski definition) is 7. The summed E-state index contributed by atoms with van der Waals surface area (Å²) in [5.41, 5.74) is 1.51. The van der Waals surface area contributed by atoms with Gasteiger partial charge in [0.2, 0.25) is 15.9 Å². The first kappa shape index (κ1) is 25.0. The fourth-order valence-corrected chi connectivity index (χ4v) is 6.00. The Morgan fingerprint density at radius 3 is 2.29 bits per heavy atom. The molecule has 10 heteroatoms.